The quantitative estimate of drug-likeness (QED) is 0.645. The Morgan fingerprint density at radius 2 is 2.07 bits per heavy atom. The van der Waals surface area contributed by atoms with Crippen LogP contribution in [0.3, 0.4) is 0 Å². The highest BCUT2D eigenvalue weighted by Crippen LogP contribution is 2.31. The number of ether oxygens (including phenoxy) is 1. The first kappa shape index (κ1) is 19.1. The standard InChI is InChI=1S/C22H25N5O2/c1-16-24-11-13-26(16)21-15-23-14-19(25-21)20-4-3-12-27(20)22(28)10-7-17-5-8-18(29-2)9-6-17/h5-6,8-9,11,13-15,20H,3-4,7,10,12H2,1-2H3. The zero-order chi connectivity index (χ0) is 20.2. The highest BCUT2D eigenvalue weighted by atomic mass is 16.5. The highest BCUT2D eigenvalue weighted by Gasteiger charge is 2.31. The maximum absolute atomic E-state index is 12.9. The van der Waals surface area contributed by atoms with Crippen LogP contribution in [0.1, 0.15) is 42.4 Å². The number of likely N-dealkylation sites (tertiary alicyclic amines) is 1. The molecule has 2 aromatic heterocycles. The first-order valence-electron chi connectivity index (χ1n) is 9.90. The summed E-state index contributed by atoms with van der Waals surface area (Å²) in [7, 11) is 1.65. The molecule has 1 atom stereocenters. The first-order chi connectivity index (χ1) is 14.2. The molecule has 1 unspecified atom stereocenters. The van der Waals surface area contributed by atoms with Gasteiger partial charge in [0.1, 0.15) is 11.6 Å². The molecule has 0 bridgehead atoms. The summed E-state index contributed by atoms with van der Waals surface area (Å²) in [6.45, 7) is 2.70. The number of aryl methyl sites for hydroxylation is 2. The lowest BCUT2D eigenvalue weighted by Crippen LogP contribution is -2.31. The van der Waals surface area contributed by atoms with Crippen molar-refractivity contribution in [3.8, 4) is 11.6 Å². The van der Waals surface area contributed by atoms with Crippen LogP contribution in [-0.4, -0.2) is 44.0 Å². The normalized spacial score (nSPS) is 16.2. The van der Waals surface area contributed by atoms with Crippen LogP contribution in [0.5, 0.6) is 5.75 Å². The number of carbonyl (C=O) groups is 1. The lowest BCUT2D eigenvalue weighted by Gasteiger charge is -2.24. The van der Waals surface area contributed by atoms with Gasteiger partial charge in [0, 0.05) is 25.4 Å². The molecule has 1 fully saturated rings. The summed E-state index contributed by atoms with van der Waals surface area (Å²) in [4.78, 5) is 28.3. The fraction of sp³-hybridized carbons (Fsp3) is 0.364. The van der Waals surface area contributed by atoms with Crippen LogP contribution in [0.25, 0.3) is 5.82 Å². The molecule has 0 radical (unpaired) electrons. The molecule has 0 saturated carbocycles. The summed E-state index contributed by atoms with van der Waals surface area (Å²) in [6.07, 6.45) is 10.2. The zero-order valence-corrected chi connectivity index (χ0v) is 16.8. The third-order valence-corrected chi connectivity index (χ3v) is 5.41. The van der Waals surface area contributed by atoms with Gasteiger partial charge < -0.3 is 9.64 Å². The molecule has 7 nitrogen and oxygen atoms in total. The lowest BCUT2D eigenvalue weighted by atomic mass is 10.1. The summed E-state index contributed by atoms with van der Waals surface area (Å²) in [5.41, 5.74) is 1.97. The fourth-order valence-electron chi connectivity index (χ4n) is 3.83. The van der Waals surface area contributed by atoms with Crippen LogP contribution in [0, 0.1) is 6.92 Å². The molecule has 3 heterocycles. The monoisotopic (exact) mass is 391 g/mol. The van der Waals surface area contributed by atoms with Crippen LogP contribution in [0.2, 0.25) is 0 Å². The Morgan fingerprint density at radius 3 is 2.79 bits per heavy atom. The molecule has 0 aliphatic carbocycles. The van der Waals surface area contributed by atoms with E-state index < -0.39 is 0 Å². The number of amides is 1. The first-order valence-corrected chi connectivity index (χ1v) is 9.90. The predicted octanol–water partition coefficient (Wildman–Crippen LogP) is 3.28. The molecule has 1 aliphatic rings. The zero-order valence-electron chi connectivity index (χ0n) is 16.8. The van der Waals surface area contributed by atoms with Crippen molar-refractivity contribution in [3.05, 3.63) is 66.1 Å². The molecule has 150 valence electrons. The number of imidazole rings is 1. The van der Waals surface area contributed by atoms with Crippen LogP contribution in [-0.2, 0) is 11.2 Å². The molecule has 7 heteroatoms. The molecule has 4 rings (SSSR count). The number of hydrogen-bond acceptors (Lipinski definition) is 5. The second-order valence-electron chi connectivity index (χ2n) is 7.24. The molecule has 1 aliphatic heterocycles. The number of methoxy groups -OCH3 is 1. The molecule has 1 amide bonds. The third-order valence-electron chi connectivity index (χ3n) is 5.41. The minimum absolute atomic E-state index is 0.0188. The maximum atomic E-state index is 12.9. The summed E-state index contributed by atoms with van der Waals surface area (Å²) in [6, 6.07) is 7.86. The van der Waals surface area contributed by atoms with Crippen LogP contribution >= 0.6 is 0 Å². The van der Waals surface area contributed by atoms with Crippen LogP contribution < -0.4 is 4.74 Å². The fourth-order valence-corrected chi connectivity index (χ4v) is 3.83. The molecule has 0 N–H and O–H groups in total. The summed E-state index contributed by atoms with van der Waals surface area (Å²) < 4.78 is 7.09. The predicted molar refractivity (Wildman–Crippen MR) is 109 cm³/mol. The van der Waals surface area contributed by atoms with Gasteiger partial charge in [-0.05, 0) is 43.9 Å². The minimum Gasteiger partial charge on any atom is -0.497 e. The summed E-state index contributed by atoms with van der Waals surface area (Å²) >= 11 is 0. The van der Waals surface area contributed by atoms with E-state index in [1.807, 2.05) is 46.9 Å². The molecule has 29 heavy (non-hydrogen) atoms. The van der Waals surface area contributed by atoms with Crippen molar-refractivity contribution in [1.29, 1.82) is 0 Å². The van der Waals surface area contributed by atoms with Crippen molar-refractivity contribution in [2.45, 2.75) is 38.6 Å². The van der Waals surface area contributed by atoms with Crippen molar-refractivity contribution in [1.82, 2.24) is 24.4 Å². The van der Waals surface area contributed by atoms with Gasteiger partial charge in [-0.1, -0.05) is 12.1 Å². The average Bonchev–Trinajstić information content (AvgIpc) is 3.41. The van der Waals surface area contributed by atoms with E-state index in [4.69, 9.17) is 9.72 Å². The Labute approximate surface area is 170 Å². The smallest absolute Gasteiger partial charge is 0.223 e. The van der Waals surface area contributed by atoms with E-state index in [1.54, 1.807) is 25.7 Å². The number of carbonyl (C=O) groups excluding carboxylic acids is 1. The Morgan fingerprint density at radius 1 is 1.24 bits per heavy atom. The molecular weight excluding hydrogens is 366 g/mol. The largest absolute Gasteiger partial charge is 0.497 e. The van der Waals surface area contributed by atoms with E-state index in [1.165, 1.54) is 0 Å². The van der Waals surface area contributed by atoms with E-state index >= 15 is 0 Å². The maximum Gasteiger partial charge on any atom is 0.223 e. The number of benzene rings is 1. The SMILES string of the molecule is COc1ccc(CCC(=O)N2CCCC2c2cncc(-n3ccnc3C)n2)cc1. The third kappa shape index (κ3) is 4.13. The highest BCUT2D eigenvalue weighted by molar-refractivity contribution is 5.77. The van der Waals surface area contributed by atoms with E-state index in [-0.39, 0.29) is 11.9 Å². The minimum atomic E-state index is -0.0188. The van der Waals surface area contributed by atoms with Gasteiger partial charge in [0.05, 0.1) is 31.2 Å². The van der Waals surface area contributed by atoms with E-state index in [0.29, 0.717) is 12.8 Å². The Balaban J connectivity index is 1.46. The van der Waals surface area contributed by atoms with Crippen molar-refractivity contribution in [3.63, 3.8) is 0 Å². The Bertz CT molecular complexity index is 983. The number of aromatic nitrogens is 4. The van der Waals surface area contributed by atoms with Gasteiger partial charge in [-0.3, -0.25) is 14.3 Å². The molecule has 1 aromatic carbocycles. The Kier molecular flexibility index (Phi) is 5.55. The van der Waals surface area contributed by atoms with Crippen molar-refractivity contribution in [2.24, 2.45) is 0 Å². The second-order valence-corrected chi connectivity index (χ2v) is 7.24. The van der Waals surface area contributed by atoms with Gasteiger partial charge in [-0.2, -0.15) is 0 Å². The van der Waals surface area contributed by atoms with Crippen LogP contribution in [0.15, 0.2) is 49.1 Å². The average molecular weight is 391 g/mol. The van der Waals surface area contributed by atoms with Gasteiger partial charge in [-0.25, -0.2) is 9.97 Å². The topological polar surface area (TPSA) is 73.1 Å². The lowest BCUT2D eigenvalue weighted by molar-refractivity contribution is -0.132. The summed E-state index contributed by atoms with van der Waals surface area (Å²) in [5, 5.41) is 0. The van der Waals surface area contributed by atoms with Crippen molar-refractivity contribution < 1.29 is 9.53 Å². The van der Waals surface area contributed by atoms with Gasteiger partial charge in [0.15, 0.2) is 5.82 Å². The van der Waals surface area contributed by atoms with Gasteiger partial charge >= 0.3 is 0 Å². The molecule has 0 spiro atoms. The molecular formula is C22H25N5O2. The molecule has 1 saturated heterocycles. The van der Waals surface area contributed by atoms with Gasteiger partial charge in [0.25, 0.3) is 0 Å². The van der Waals surface area contributed by atoms with Crippen molar-refractivity contribution in [2.75, 3.05) is 13.7 Å². The van der Waals surface area contributed by atoms with Gasteiger partial charge in [0.2, 0.25) is 5.91 Å². The number of hydrogen-bond donors (Lipinski definition) is 0. The van der Waals surface area contributed by atoms with E-state index in [0.717, 1.165) is 48.0 Å². The van der Waals surface area contributed by atoms with Crippen LogP contribution in [0.4, 0.5) is 0 Å². The number of rotatable bonds is 6. The van der Waals surface area contributed by atoms with Crippen molar-refractivity contribution >= 4 is 5.91 Å². The second kappa shape index (κ2) is 8.43. The molecule has 3 aromatic rings. The van der Waals surface area contributed by atoms with Gasteiger partial charge in [-0.15, -0.1) is 0 Å². The number of nitrogens with zero attached hydrogens (tertiary/aromatic N) is 5. The van der Waals surface area contributed by atoms with E-state index in [2.05, 4.69) is 9.97 Å². The summed E-state index contributed by atoms with van der Waals surface area (Å²) in [5.74, 6) is 2.57. The van der Waals surface area contributed by atoms with E-state index in [9.17, 15) is 4.79 Å². The Hall–Kier alpha value is -3.22.